The predicted molar refractivity (Wildman–Crippen MR) is 139 cm³/mol. The quantitative estimate of drug-likeness (QED) is 0.431. The molecule has 0 radical (unpaired) electrons. The van der Waals surface area contributed by atoms with Crippen molar-refractivity contribution in [2.45, 2.75) is 51.1 Å². The van der Waals surface area contributed by atoms with Crippen LogP contribution in [0.15, 0.2) is 60.0 Å². The number of nitrogens with zero attached hydrogens (tertiary/aromatic N) is 1. The zero-order chi connectivity index (χ0) is 24.8. The highest BCUT2D eigenvalue weighted by Gasteiger charge is 2.36. The number of rotatable bonds is 9. The molecule has 1 N–H and O–H groups in total. The van der Waals surface area contributed by atoms with Gasteiger partial charge in [-0.1, -0.05) is 37.1 Å². The normalized spacial score (nSPS) is 14.4. The number of amides is 2. The van der Waals surface area contributed by atoms with Gasteiger partial charge in [-0.2, -0.15) is 0 Å². The van der Waals surface area contributed by atoms with Crippen LogP contribution in [0, 0.1) is 6.92 Å². The lowest BCUT2D eigenvalue weighted by Crippen LogP contribution is -2.47. The molecule has 1 saturated carbocycles. The summed E-state index contributed by atoms with van der Waals surface area (Å²) in [6.45, 7) is 1.96. The van der Waals surface area contributed by atoms with Crippen molar-refractivity contribution in [1.82, 2.24) is 5.32 Å². The molecule has 1 aliphatic carbocycles. The lowest BCUT2D eigenvalue weighted by atomic mass is 10.0. The van der Waals surface area contributed by atoms with Crippen molar-refractivity contribution in [2.75, 3.05) is 19.1 Å². The van der Waals surface area contributed by atoms with Crippen LogP contribution in [-0.2, 0) is 16.0 Å². The fourth-order valence-electron chi connectivity index (χ4n) is 4.63. The predicted octanol–water partition coefficient (Wildman–Crippen LogP) is 5.45. The molecule has 184 valence electrons. The third-order valence-electron chi connectivity index (χ3n) is 6.39. The van der Waals surface area contributed by atoms with E-state index in [1.165, 1.54) is 11.3 Å². The van der Waals surface area contributed by atoms with E-state index in [1.54, 1.807) is 19.1 Å². The SMILES string of the molecule is COc1cccc([C@@H](C(=O)NC2CCCC2)N(C(=O)Cc2cccs2)c2cc(C)ccc2OC)c1. The summed E-state index contributed by atoms with van der Waals surface area (Å²) >= 11 is 1.53. The summed E-state index contributed by atoms with van der Waals surface area (Å²) in [4.78, 5) is 30.4. The van der Waals surface area contributed by atoms with Gasteiger partial charge in [-0.15, -0.1) is 11.3 Å². The van der Waals surface area contributed by atoms with Crippen molar-refractivity contribution in [2.24, 2.45) is 0 Å². The number of aryl methyl sites for hydroxylation is 1. The third-order valence-corrected chi connectivity index (χ3v) is 7.26. The van der Waals surface area contributed by atoms with Gasteiger partial charge >= 0.3 is 0 Å². The van der Waals surface area contributed by atoms with Gasteiger partial charge in [-0.3, -0.25) is 14.5 Å². The topological polar surface area (TPSA) is 67.9 Å². The molecular formula is C28H32N2O4S. The van der Waals surface area contributed by atoms with Crippen LogP contribution in [0.3, 0.4) is 0 Å². The average molecular weight is 493 g/mol. The number of nitrogens with one attached hydrogen (secondary N) is 1. The first-order valence-corrected chi connectivity index (χ1v) is 12.8. The minimum atomic E-state index is -0.881. The van der Waals surface area contributed by atoms with E-state index in [0.717, 1.165) is 36.1 Å². The molecule has 0 aliphatic heterocycles. The minimum absolute atomic E-state index is 0.115. The summed E-state index contributed by atoms with van der Waals surface area (Å²) in [5.41, 5.74) is 2.22. The van der Waals surface area contributed by atoms with Crippen molar-refractivity contribution >= 4 is 28.8 Å². The van der Waals surface area contributed by atoms with Crippen LogP contribution in [0.4, 0.5) is 5.69 Å². The monoisotopic (exact) mass is 492 g/mol. The number of hydrogen-bond donors (Lipinski definition) is 1. The van der Waals surface area contributed by atoms with Gasteiger partial charge in [0.05, 0.1) is 26.3 Å². The largest absolute Gasteiger partial charge is 0.497 e. The van der Waals surface area contributed by atoms with Crippen LogP contribution in [0.25, 0.3) is 0 Å². The summed E-state index contributed by atoms with van der Waals surface area (Å²) in [6.07, 6.45) is 4.29. The van der Waals surface area contributed by atoms with Gasteiger partial charge in [0.15, 0.2) is 0 Å². The molecule has 1 heterocycles. The van der Waals surface area contributed by atoms with Crippen molar-refractivity contribution in [3.05, 3.63) is 76.0 Å². The molecule has 35 heavy (non-hydrogen) atoms. The Morgan fingerprint density at radius 1 is 1.06 bits per heavy atom. The first-order valence-electron chi connectivity index (χ1n) is 11.9. The van der Waals surface area contributed by atoms with Gasteiger partial charge in [0.25, 0.3) is 0 Å². The highest BCUT2D eigenvalue weighted by Crippen LogP contribution is 2.37. The van der Waals surface area contributed by atoms with Gasteiger partial charge in [0.2, 0.25) is 11.8 Å². The Balaban J connectivity index is 1.84. The van der Waals surface area contributed by atoms with Crippen molar-refractivity contribution in [3.63, 3.8) is 0 Å². The van der Waals surface area contributed by atoms with E-state index in [2.05, 4.69) is 5.32 Å². The summed E-state index contributed by atoms with van der Waals surface area (Å²) in [5, 5.41) is 5.17. The molecule has 3 aromatic rings. The number of hydrogen-bond acceptors (Lipinski definition) is 5. The molecule has 0 unspecified atom stereocenters. The molecule has 0 spiro atoms. The minimum Gasteiger partial charge on any atom is -0.497 e. The highest BCUT2D eigenvalue weighted by atomic mass is 32.1. The van der Waals surface area contributed by atoms with Crippen LogP contribution < -0.4 is 19.7 Å². The smallest absolute Gasteiger partial charge is 0.248 e. The first-order chi connectivity index (χ1) is 17.0. The number of thiophene rings is 1. The van der Waals surface area contributed by atoms with Crippen molar-refractivity contribution < 1.29 is 19.1 Å². The molecule has 6 nitrogen and oxygen atoms in total. The molecule has 1 fully saturated rings. The Hall–Kier alpha value is -3.32. The maximum Gasteiger partial charge on any atom is 0.248 e. The van der Waals surface area contributed by atoms with Crippen LogP contribution >= 0.6 is 11.3 Å². The van der Waals surface area contributed by atoms with Crippen LogP contribution in [0.1, 0.15) is 47.7 Å². The van der Waals surface area contributed by atoms with E-state index < -0.39 is 6.04 Å². The van der Waals surface area contributed by atoms with E-state index >= 15 is 0 Å². The van der Waals surface area contributed by atoms with E-state index in [-0.39, 0.29) is 24.3 Å². The second-order valence-electron chi connectivity index (χ2n) is 8.86. The zero-order valence-electron chi connectivity index (χ0n) is 20.5. The van der Waals surface area contributed by atoms with Gasteiger partial charge < -0.3 is 14.8 Å². The summed E-state index contributed by atoms with van der Waals surface area (Å²) in [7, 11) is 3.17. The van der Waals surface area contributed by atoms with Crippen molar-refractivity contribution in [3.8, 4) is 11.5 Å². The summed E-state index contributed by atoms with van der Waals surface area (Å²) < 4.78 is 11.1. The molecule has 2 amide bonds. The Morgan fingerprint density at radius 2 is 1.86 bits per heavy atom. The Bertz CT molecular complexity index is 1160. The molecule has 1 atom stereocenters. The van der Waals surface area contributed by atoms with Crippen LogP contribution in [-0.4, -0.2) is 32.1 Å². The van der Waals surface area contributed by atoms with Crippen LogP contribution in [0.2, 0.25) is 0 Å². The second kappa shape index (κ2) is 11.4. The number of methoxy groups -OCH3 is 2. The highest BCUT2D eigenvalue weighted by molar-refractivity contribution is 7.10. The molecule has 1 aromatic heterocycles. The molecule has 0 saturated heterocycles. The van der Waals surface area contributed by atoms with E-state index in [9.17, 15) is 9.59 Å². The number of anilines is 1. The van der Waals surface area contributed by atoms with Gasteiger partial charge in [-0.05, 0) is 66.6 Å². The van der Waals surface area contributed by atoms with E-state index in [4.69, 9.17) is 9.47 Å². The fraction of sp³-hybridized carbons (Fsp3) is 0.357. The summed E-state index contributed by atoms with van der Waals surface area (Å²) in [6, 6.07) is 16.2. The van der Waals surface area contributed by atoms with Gasteiger partial charge in [0, 0.05) is 10.9 Å². The molecule has 1 aliphatic rings. The number of ether oxygens (including phenoxy) is 2. The lowest BCUT2D eigenvalue weighted by Gasteiger charge is -2.33. The molecular weight excluding hydrogens is 460 g/mol. The fourth-order valence-corrected chi connectivity index (χ4v) is 5.33. The maximum absolute atomic E-state index is 14.0. The average Bonchev–Trinajstić information content (AvgIpc) is 3.56. The van der Waals surface area contributed by atoms with Crippen molar-refractivity contribution in [1.29, 1.82) is 0 Å². The number of benzene rings is 2. The Labute approximate surface area is 210 Å². The number of carbonyl (C=O) groups is 2. The molecule has 2 aromatic carbocycles. The third kappa shape index (κ3) is 5.85. The Kier molecular flexibility index (Phi) is 8.08. The first kappa shape index (κ1) is 24.8. The molecule has 7 heteroatoms. The summed E-state index contributed by atoms with van der Waals surface area (Å²) in [5.74, 6) is 0.790. The zero-order valence-corrected chi connectivity index (χ0v) is 21.3. The standard InChI is InChI=1S/C28H32N2O4S/c1-19-13-14-25(34-3)24(16-19)30(26(31)18-23-12-7-15-35-23)27(20-8-6-11-22(17-20)33-2)28(32)29-21-9-4-5-10-21/h6-8,11-17,21,27H,4-5,9-10,18H2,1-3H3,(H,29,32)/t27-/m0/s1. The molecule has 0 bridgehead atoms. The van der Waals surface area contributed by atoms with Gasteiger partial charge in [0.1, 0.15) is 17.5 Å². The number of carbonyl (C=O) groups excluding carboxylic acids is 2. The van der Waals surface area contributed by atoms with Gasteiger partial charge in [-0.25, -0.2) is 0 Å². The molecule has 4 rings (SSSR count). The van der Waals surface area contributed by atoms with E-state index in [1.807, 2.05) is 66.9 Å². The second-order valence-corrected chi connectivity index (χ2v) is 9.90. The van der Waals surface area contributed by atoms with Crippen LogP contribution in [0.5, 0.6) is 11.5 Å². The maximum atomic E-state index is 14.0. The van der Waals surface area contributed by atoms with E-state index in [0.29, 0.717) is 22.7 Å². The lowest BCUT2D eigenvalue weighted by molar-refractivity contribution is -0.127. The Morgan fingerprint density at radius 3 is 2.54 bits per heavy atom.